The second kappa shape index (κ2) is 3.86. The van der Waals surface area contributed by atoms with E-state index in [0.29, 0.717) is 19.0 Å². The monoisotopic (exact) mass is 209 g/mol. The quantitative estimate of drug-likeness (QED) is 0.430. The largest absolute Gasteiger partial charge is 0.484 e. The molecule has 1 atom stereocenters. The number of epoxide rings is 1. The second-order valence-electron chi connectivity index (χ2n) is 3.49. The molecule has 1 aliphatic rings. The van der Waals surface area contributed by atoms with Crippen LogP contribution in [0, 0.1) is 17.0 Å². The van der Waals surface area contributed by atoms with Gasteiger partial charge in [-0.3, -0.25) is 10.1 Å². The highest BCUT2D eigenvalue weighted by Crippen LogP contribution is 2.28. The average Bonchev–Trinajstić information content (AvgIpc) is 2.97. The van der Waals surface area contributed by atoms with Crippen molar-refractivity contribution < 1.29 is 14.4 Å². The van der Waals surface area contributed by atoms with Crippen LogP contribution in [-0.4, -0.2) is 24.2 Å². The number of aryl methyl sites for hydroxylation is 1. The van der Waals surface area contributed by atoms with Crippen LogP contribution in [0.2, 0.25) is 0 Å². The van der Waals surface area contributed by atoms with Crippen LogP contribution in [0.5, 0.6) is 5.75 Å². The summed E-state index contributed by atoms with van der Waals surface area (Å²) >= 11 is 0. The third kappa shape index (κ3) is 2.44. The Kier molecular flexibility index (Phi) is 2.55. The van der Waals surface area contributed by atoms with Gasteiger partial charge in [-0.1, -0.05) is 6.07 Å². The average molecular weight is 209 g/mol. The van der Waals surface area contributed by atoms with Gasteiger partial charge < -0.3 is 9.47 Å². The Bertz CT molecular complexity index is 387. The minimum absolute atomic E-state index is 0.00116. The van der Waals surface area contributed by atoms with Gasteiger partial charge in [0.2, 0.25) is 0 Å². The Labute approximate surface area is 86.8 Å². The van der Waals surface area contributed by atoms with E-state index >= 15 is 0 Å². The first-order valence-corrected chi connectivity index (χ1v) is 4.66. The third-order valence-electron chi connectivity index (χ3n) is 2.14. The van der Waals surface area contributed by atoms with E-state index in [9.17, 15) is 10.1 Å². The zero-order valence-corrected chi connectivity index (χ0v) is 8.30. The first kappa shape index (κ1) is 9.92. The number of nitrogens with zero attached hydrogens (tertiary/aromatic N) is 1. The van der Waals surface area contributed by atoms with Crippen molar-refractivity contribution in [3.63, 3.8) is 0 Å². The minimum Gasteiger partial charge on any atom is -0.484 e. The molecular weight excluding hydrogens is 198 g/mol. The number of benzene rings is 1. The van der Waals surface area contributed by atoms with Crippen LogP contribution in [0.3, 0.4) is 0 Å². The van der Waals surface area contributed by atoms with Crippen molar-refractivity contribution in [1.29, 1.82) is 0 Å². The standard InChI is InChI=1S/C10H11NO4/c1-7-2-3-9(11(12)13)10(4-7)15-6-8-5-14-8/h2-4,8H,5-6H2,1H3. The van der Waals surface area contributed by atoms with Crippen molar-refractivity contribution in [3.8, 4) is 5.75 Å². The van der Waals surface area contributed by atoms with Crippen LogP contribution in [0.15, 0.2) is 18.2 Å². The Balaban J connectivity index is 2.16. The summed E-state index contributed by atoms with van der Waals surface area (Å²) in [6.07, 6.45) is 0.102. The third-order valence-corrected chi connectivity index (χ3v) is 2.14. The van der Waals surface area contributed by atoms with Crippen LogP contribution in [0.1, 0.15) is 5.56 Å². The first-order valence-electron chi connectivity index (χ1n) is 4.66. The number of rotatable bonds is 4. The van der Waals surface area contributed by atoms with Crippen molar-refractivity contribution >= 4 is 5.69 Å². The fourth-order valence-corrected chi connectivity index (χ4v) is 1.23. The molecule has 5 heteroatoms. The van der Waals surface area contributed by atoms with Gasteiger partial charge in [0, 0.05) is 6.07 Å². The van der Waals surface area contributed by atoms with Gasteiger partial charge >= 0.3 is 5.69 Å². The van der Waals surface area contributed by atoms with Gasteiger partial charge in [0.1, 0.15) is 12.7 Å². The lowest BCUT2D eigenvalue weighted by molar-refractivity contribution is -0.385. The lowest BCUT2D eigenvalue weighted by Gasteiger charge is -2.05. The van der Waals surface area contributed by atoms with E-state index < -0.39 is 4.92 Å². The topological polar surface area (TPSA) is 64.9 Å². The van der Waals surface area contributed by atoms with Crippen LogP contribution in [-0.2, 0) is 4.74 Å². The summed E-state index contributed by atoms with van der Waals surface area (Å²) in [5.74, 6) is 0.315. The van der Waals surface area contributed by atoms with Gasteiger partial charge in [-0.15, -0.1) is 0 Å². The maximum Gasteiger partial charge on any atom is 0.310 e. The molecule has 5 nitrogen and oxygen atoms in total. The van der Waals surface area contributed by atoms with Crippen LogP contribution >= 0.6 is 0 Å². The van der Waals surface area contributed by atoms with Gasteiger partial charge in [-0.25, -0.2) is 0 Å². The Morgan fingerprint density at radius 2 is 2.40 bits per heavy atom. The summed E-state index contributed by atoms with van der Waals surface area (Å²) in [7, 11) is 0. The van der Waals surface area contributed by atoms with Crippen molar-refractivity contribution in [2.24, 2.45) is 0 Å². The van der Waals surface area contributed by atoms with Gasteiger partial charge in [0.25, 0.3) is 0 Å². The number of nitro groups is 1. The van der Waals surface area contributed by atoms with E-state index in [1.165, 1.54) is 6.07 Å². The molecule has 1 heterocycles. The van der Waals surface area contributed by atoms with E-state index in [1.54, 1.807) is 12.1 Å². The molecule has 0 amide bonds. The molecule has 0 radical (unpaired) electrons. The molecule has 80 valence electrons. The number of hydrogen-bond donors (Lipinski definition) is 0. The number of nitro benzene ring substituents is 1. The highest BCUT2D eigenvalue weighted by molar-refractivity contribution is 5.48. The predicted molar refractivity (Wildman–Crippen MR) is 53.1 cm³/mol. The van der Waals surface area contributed by atoms with E-state index in [2.05, 4.69) is 0 Å². The molecule has 1 unspecified atom stereocenters. The molecule has 0 bridgehead atoms. The highest BCUT2D eigenvalue weighted by atomic mass is 16.6. The van der Waals surface area contributed by atoms with Gasteiger partial charge in [-0.2, -0.15) is 0 Å². The molecule has 0 aliphatic carbocycles. The SMILES string of the molecule is Cc1ccc([N+](=O)[O-])c(OCC2CO2)c1. The Hall–Kier alpha value is -1.62. The molecule has 1 aromatic rings. The molecule has 0 spiro atoms. The van der Waals surface area contributed by atoms with Gasteiger partial charge in [0.15, 0.2) is 5.75 Å². The second-order valence-corrected chi connectivity index (χ2v) is 3.49. The van der Waals surface area contributed by atoms with Crippen LogP contribution in [0.25, 0.3) is 0 Å². The molecule has 1 saturated heterocycles. The summed E-state index contributed by atoms with van der Waals surface area (Å²) in [6.45, 7) is 2.92. The smallest absolute Gasteiger partial charge is 0.310 e. The molecule has 1 aromatic carbocycles. The van der Waals surface area contributed by atoms with Crippen molar-refractivity contribution in [3.05, 3.63) is 33.9 Å². The molecule has 0 N–H and O–H groups in total. The maximum atomic E-state index is 10.7. The summed E-state index contributed by atoms with van der Waals surface area (Å²) in [6, 6.07) is 4.82. The summed E-state index contributed by atoms with van der Waals surface area (Å²) in [5.41, 5.74) is 0.938. The highest BCUT2D eigenvalue weighted by Gasteiger charge is 2.25. The molecule has 1 aliphatic heterocycles. The normalized spacial score (nSPS) is 18.6. The first-order chi connectivity index (χ1) is 7.16. The van der Waals surface area contributed by atoms with Crippen molar-refractivity contribution in [2.75, 3.05) is 13.2 Å². The van der Waals surface area contributed by atoms with Crippen LogP contribution < -0.4 is 4.74 Å². The summed E-state index contributed by atoms with van der Waals surface area (Å²) < 4.78 is 10.3. The fraction of sp³-hybridized carbons (Fsp3) is 0.400. The fourth-order valence-electron chi connectivity index (χ4n) is 1.23. The molecule has 0 aromatic heterocycles. The van der Waals surface area contributed by atoms with E-state index in [-0.39, 0.29) is 11.8 Å². The maximum absolute atomic E-state index is 10.7. The van der Waals surface area contributed by atoms with Crippen LogP contribution in [0.4, 0.5) is 5.69 Å². The Morgan fingerprint density at radius 3 is 3.00 bits per heavy atom. The van der Waals surface area contributed by atoms with E-state index in [1.807, 2.05) is 6.92 Å². The molecule has 1 fully saturated rings. The predicted octanol–water partition coefficient (Wildman–Crippen LogP) is 1.68. The summed E-state index contributed by atoms with van der Waals surface area (Å²) in [4.78, 5) is 10.2. The van der Waals surface area contributed by atoms with Gasteiger partial charge in [-0.05, 0) is 18.6 Å². The molecule has 15 heavy (non-hydrogen) atoms. The van der Waals surface area contributed by atoms with E-state index in [4.69, 9.17) is 9.47 Å². The van der Waals surface area contributed by atoms with Gasteiger partial charge in [0.05, 0.1) is 11.5 Å². The molecule has 2 rings (SSSR count). The minimum atomic E-state index is -0.442. The number of ether oxygens (including phenoxy) is 2. The number of hydrogen-bond acceptors (Lipinski definition) is 4. The zero-order valence-electron chi connectivity index (χ0n) is 8.30. The van der Waals surface area contributed by atoms with Crippen molar-refractivity contribution in [2.45, 2.75) is 13.0 Å². The summed E-state index contributed by atoms with van der Waals surface area (Å²) in [5, 5.41) is 10.7. The van der Waals surface area contributed by atoms with Crippen molar-refractivity contribution in [1.82, 2.24) is 0 Å². The lowest BCUT2D eigenvalue weighted by atomic mass is 10.2. The molecular formula is C10H11NO4. The Morgan fingerprint density at radius 1 is 1.67 bits per heavy atom. The zero-order chi connectivity index (χ0) is 10.8. The van der Waals surface area contributed by atoms with E-state index in [0.717, 1.165) is 5.56 Å². The lowest BCUT2D eigenvalue weighted by Crippen LogP contribution is -2.06. The molecule has 0 saturated carbocycles.